The first-order chi connectivity index (χ1) is 8.58. The summed E-state index contributed by atoms with van der Waals surface area (Å²) in [6, 6.07) is 6.02. The fourth-order valence-electron chi connectivity index (χ4n) is 2.23. The normalized spacial score (nSPS) is 10.7. The second-order valence-electron chi connectivity index (χ2n) is 4.92. The van der Waals surface area contributed by atoms with Crippen molar-refractivity contribution in [2.45, 2.75) is 59.5 Å². The Labute approximate surface area is 111 Å². The molecule has 2 heteroatoms. The lowest BCUT2D eigenvalue weighted by Gasteiger charge is -2.18. The van der Waals surface area contributed by atoms with Crippen LogP contribution in [0.5, 0.6) is 5.75 Å². The zero-order chi connectivity index (χ0) is 13.5. The van der Waals surface area contributed by atoms with E-state index in [1.165, 1.54) is 0 Å². The smallest absolute Gasteiger partial charge is 0.120 e. The molecule has 2 nitrogen and oxygen atoms in total. The standard InChI is InChI=1S/C16H25NO/c1-5-7-14(8-6-2)18-15-9-10-16(13(4)17)12(3)11-15/h9-11,14,17H,5-8H2,1-4H3. The topological polar surface area (TPSA) is 33.1 Å². The van der Waals surface area contributed by atoms with Gasteiger partial charge in [0.25, 0.3) is 0 Å². The van der Waals surface area contributed by atoms with E-state index in [2.05, 4.69) is 13.8 Å². The summed E-state index contributed by atoms with van der Waals surface area (Å²) >= 11 is 0. The minimum absolute atomic E-state index is 0.325. The maximum absolute atomic E-state index is 7.68. The summed E-state index contributed by atoms with van der Waals surface area (Å²) in [5.74, 6) is 0.935. The van der Waals surface area contributed by atoms with Crippen LogP contribution in [0, 0.1) is 12.3 Å². The van der Waals surface area contributed by atoms with E-state index in [9.17, 15) is 0 Å². The summed E-state index contributed by atoms with van der Waals surface area (Å²) in [7, 11) is 0. The summed E-state index contributed by atoms with van der Waals surface area (Å²) in [5, 5.41) is 7.68. The molecule has 1 aromatic rings. The van der Waals surface area contributed by atoms with Gasteiger partial charge in [0.1, 0.15) is 5.75 Å². The SMILES string of the molecule is CCCC(CCC)Oc1ccc(C(C)=N)c(C)c1. The third-order valence-electron chi connectivity index (χ3n) is 3.13. The van der Waals surface area contributed by atoms with E-state index in [0.717, 1.165) is 42.6 Å². The Balaban J connectivity index is 2.77. The van der Waals surface area contributed by atoms with E-state index in [1.807, 2.05) is 32.0 Å². The number of rotatable bonds is 7. The summed E-state index contributed by atoms with van der Waals surface area (Å²) in [5.41, 5.74) is 2.73. The summed E-state index contributed by atoms with van der Waals surface area (Å²) in [6.45, 7) is 8.24. The number of benzene rings is 1. The van der Waals surface area contributed by atoms with Gasteiger partial charge in [-0.05, 0) is 56.0 Å². The first-order valence-corrected chi connectivity index (χ1v) is 6.91. The van der Waals surface area contributed by atoms with Gasteiger partial charge in [0.2, 0.25) is 0 Å². The van der Waals surface area contributed by atoms with Crippen LogP contribution in [-0.2, 0) is 0 Å². The molecule has 0 amide bonds. The van der Waals surface area contributed by atoms with Gasteiger partial charge in [-0.3, -0.25) is 0 Å². The molecule has 0 aliphatic rings. The van der Waals surface area contributed by atoms with Crippen molar-refractivity contribution in [3.05, 3.63) is 29.3 Å². The molecule has 0 saturated heterocycles. The van der Waals surface area contributed by atoms with Crippen molar-refractivity contribution in [2.75, 3.05) is 0 Å². The number of nitrogens with one attached hydrogen (secondary N) is 1. The van der Waals surface area contributed by atoms with Crippen LogP contribution in [0.2, 0.25) is 0 Å². The Morgan fingerprint density at radius 2 is 1.83 bits per heavy atom. The van der Waals surface area contributed by atoms with E-state index in [0.29, 0.717) is 11.8 Å². The van der Waals surface area contributed by atoms with E-state index in [4.69, 9.17) is 10.1 Å². The lowest BCUT2D eigenvalue weighted by atomic mass is 10.0. The van der Waals surface area contributed by atoms with Gasteiger partial charge in [-0.15, -0.1) is 0 Å². The fourth-order valence-corrected chi connectivity index (χ4v) is 2.23. The number of aryl methyl sites for hydroxylation is 1. The average Bonchev–Trinajstić information content (AvgIpc) is 2.29. The average molecular weight is 247 g/mol. The van der Waals surface area contributed by atoms with Crippen LogP contribution in [0.4, 0.5) is 0 Å². The zero-order valence-electron chi connectivity index (χ0n) is 12.0. The Bertz CT molecular complexity index is 392. The highest BCUT2D eigenvalue weighted by Gasteiger charge is 2.09. The Hall–Kier alpha value is -1.31. The first kappa shape index (κ1) is 14.7. The molecule has 0 saturated carbocycles. The third-order valence-corrected chi connectivity index (χ3v) is 3.13. The van der Waals surface area contributed by atoms with Crippen LogP contribution in [-0.4, -0.2) is 11.8 Å². The molecule has 0 spiro atoms. The van der Waals surface area contributed by atoms with Crippen LogP contribution in [0.3, 0.4) is 0 Å². The second kappa shape index (κ2) is 7.20. The summed E-state index contributed by atoms with van der Waals surface area (Å²) in [6.07, 6.45) is 4.85. The van der Waals surface area contributed by atoms with Crippen LogP contribution in [0.25, 0.3) is 0 Å². The van der Waals surface area contributed by atoms with Crippen LogP contribution < -0.4 is 4.74 Å². The van der Waals surface area contributed by atoms with Crippen LogP contribution in [0.15, 0.2) is 18.2 Å². The number of hydrogen-bond acceptors (Lipinski definition) is 2. The molecule has 0 fully saturated rings. The molecule has 0 aromatic heterocycles. The highest BCUT2D eigenvalue weighted by molar-refractivity contribution is 5.97. The van der Waals surface area contributed by atoms with Crippen LogP contribution >= 0.6 is 0 Å². The predicted octanol–water partition coefficient (Wildman–Crippen LogP) is 4.73. The first-order valence-electron chi connectivity index (χ1n) is 6.91. The largest absolute Gasteiger partial charge is 0.490 e. The molecule has 0 heterocycles. The fraction of sp³-hybridized carbons (Fsp3) is 0.562. The van der Waals surface area contributed by atoms with E-state index < -0.39 is 0 Å². The van der Waals surface area contributed by atoms with E-state index >= 15 is 0 Å². The zero-order valence-corrected chi connectivity index (χ0v) is 12.0. The lowest BCUT2D eigenvalue weighted by Crippen LogP contribution is -2.16. The molecular formula is C16H25NO. The highest BCUT2D eigenvalue weighted by atomic mass is 16.5. The lowest BCUT2D eigenvalue weighted by molar-refractivity contribution is 0.178. The van der Waals surface area contributed by atoms with Gasteiger partial charge in [-0.1, -0.05) is 26.7 Å². The number of hydrogen-bond donors (Lipinski definition) is 1. The van der Waals surface area contributed by atoms with Crippen molar-refractivity contribution in [2.24, 2.45) is 0 Å². The van der Waals surface area contributed by atoms with E-state index in [-0.39, 0.29) is 0 Å². The second-order valence-corrected chi connectivity index (χ2v) is 4.92. The Morgan fingerprint density at radius 3 is 2.28 bits per heavy atom. The molecule has 0 aliphatic carbocycles. The molecule has 0 atom stereocenters. The molecule has 0 unspecified atom stereocenters. The molecule has 18 heavy (non-hydrogen) atoms. The molecule has 0 radical (unpaired) electrons. The van der Waals surface area contributed by atoms with Gasteiger partial charge in [-0.2, -0.15) is 0 Å². The van der Waals surface area contributed by atoms with E-state index in [1.54, 1.807) is 0 Å². The molecule has 100 valence electrons. The van der Waals surface area contributed by atoms with Crippen molar-refractivity contribution in [1.82, 2.24) is 0 Å². The van der Waals surface area contributed by atoms with Gasteiger partial charge in [0.15, 0.2) is 0 Å². The summed E-state index contributed by atoms with van der Waals surface area (Å²) < 4.78 is 6.04. The third kappa shape index (κ3) is 4.17. The minimum Gasteiger partial charge on any atom is -0.490 e. The molecule has 0 bridgehead atoms. The maximum atomic E-state index is 7.68. The van der Waals surface area contributed by atoms with Gasteiger partial charge < -0.3 is 10.1 Å². The van der Waals surface area contributed by atoms with Crippen molar-refractivity contribution in [3.63, 3.8) is 0 Å². The number of ether oxygens (including phenoxy) is 1. The van der Waals surface area contributed by atoms with Crippen LogP contribution in [0.1, 0.15) is 57.6 Å². The monoisotopic (exact) mass is 247 g/mol. The quantitative estimate of drug-likeness (QED) is 0.694. The van der Waals surface area contributed by atoms with Crippen molar-refractivity contribution in [3.8, 4) is 5.75 Å². The minimum atomic E-state index is 0.325. The predicted molar refractivity (Wildman–Crippen MR) is 77.9 cm³/mol. The van der Waals surface area contributed by atoms with Gasteiger partial charge >= 0.3 is 0 Å². The molecule has 1 rings (SSSR count). The molecule has 1 aromatic carbocycles. The van der Waals surface area contributed by atoms with Gasteiger partial charge in [0.05, 0.1) is 6.10 Å². The summed E-state index contributed by atoms with van der Waals surface area (Å²) in [4.78, 5) is 0. The van der Waals surface area contributed by atoms with Gasteiger partial charge in [0, 0.05) is 5.71 Å². The maximum Gasteiger partial charge on any atom is 0.120 e. The van der Waals surface area contributed by atoms with Crippen molar-refractivity contribution in [1.29, 1.82) is 5.41 Å². The molecule has 0 aliphatic heterocycles. The van der Waals surface area contributed by atoms with Crippen molar-refractivity contribution < 1.29 is 4.74 Å². The molecule has 1 N–H and O–H groups in total. The Morgan fingerprint density at radius 1 is 1.22 bits per heavy atom. The molecular weight excluding hydrogens is 222 g/mol. The Kier molecular flexibility index (Phi) is 5.90. The van der Waals surface area contributed by atoms with Gasteiger partial charge in [-0.25, -0.2) is 0 Å². The van der Waals surface area contributed by atoms with Crippen molar-refractivity contribution >= 4 is 5.71 Å². The highest BCUT2D eigenvalue weighted by Crippen LogP contribution is 2.21.